The maximum Gasteiger partial charge on any atom is 0.307 e. The lowest BCUT2D eigenvalue weighted by Crippen LogP contribution is -2.10. The standard InChI is InChI=1S/C11H10O5/c12-6-8-3-1-2-7(4-10(13)14)9(8)5-11(15)16/h1-3,6H,4-5H2,(H,13,14)(H,15,16). The van der Waals surface area contributed by atoms with Crippen LogP contribution in [0, 0.1) is 0 Å². The highest BCUT2D eigenvalue weighted by Gasteiger charge is 2.13. The molecule has 0 bridgehead atoms. The Labute approximate surface area is 91.3 Å². The molecular weight excluding hydrogens is 212 g/mol. The largest absolute Gasteiger partial charge is 0.481 e. The van der Waals surface area contributed by atoms with Crippen LogP contribution in [-0.4, -0.2) is 28.4 Å². The molecule has 2 N–H and O–H groups in total. The van der Waals surface area contributed by atoms with E-state index in [9.17, 15) is 14.4 Å². The second-order valence-electron chi connectivity index (χ2n) is 3.24. The van der Waals surface area contributed by atoms with Gasteiger partial charge in [-0.15, -0.1) is 0 Å². The van der Waals surface area contributed by atoms with Gasteiger partial charge < -0.3 is 10.2 Å². The van der Waals surface area contributed by atoms with Gasteiger partial charge in [0.25, 0.3) is 0 Å². The van der Waals surface area contributed by atoms with Crippen molar-refractivity contribution in [1.29, 1.82) is 0 Å². The van der Waals surface area contributed by atoms with E-state index in [0.29, 0.717) is 11.8 Å². The van der Waals surface area contributed by atoms with Gasteiger partial charge in [-0.1, -0.05) is 18.2 Å². The smallest absolute Gasteiger partial charge is 0.307 e. The van der Waals surface area contributed by atoms with E-state index in [4.69, 9.17) is 10.2 Å². The Hall–Kier alpha value is -2.17. The number of hydrogen-bond donors (Lipinski definition) is 2. The van der Waals surface area contributed by atoms with Crippen LogP contribution in [0.5, 0.6) is 0 Å². The van der Waals surface area contributed by atoms with Gasteiger partial charge >= 0.3 is 11.9 Å². The summed E-state index contributed by atoms with van der Waals surface area (Å²) in [6.07, 6.45) is -0.106. The van der Waals surface area contributed by atoms with Crippen LogP contribution in [0.3, 0.4) is 0 Å². The van der Waals surface area contributed by atoms with Crippen molar-refractivity contribution < 1.29 is 24.6 Å². The van der Waals surface area contributed by atoms with Crippen molar-refractivity contribution >= 4 is 18.2 Å². The molecule has 1 rings (SSSR count). The zero-order valence-electron chi connectivity index (χ0n) is 8.34. The first-order chi connectivity index (χ1) is 7.54. The number of rotatable bonds is 5. The highest BCUT2D eigenvalue weighted by atomic mass is 16.4. The monoisotopic (exact) mass is 222 g/mol. The number of carbonyl (C=O) groups is 3. The maximum atomic E-state index is 10.7. The Morgan fingerprint density at radius 1 is 1.12 bits per heavy atom. The summed E-state index contributed by atoms with van der Waals surface area (Å²) in [5.41, 5.74) is 0.855. The first-order valence-corrected chi connectivity index (χ1v) is 4.54. The summed E-state index contributed by atoms with van der Waals surface area (Å²) in [7, 11) is 0. The third-order valence-electron chi connectivity index (χ3n) is 2.11. The molecule has 0 fully saturated rings. The minimum absolute atomic E-state index is 0.223. The van der Waals surface area contributed by atoms with Gasteiger partial charge in [0, 0.05) is 5.56 Å². The summed E-state index contributed by atoms with van der Waals surface area (Å²) < 4.78 is 0. The first kappa shape index (κ1) is 11.9. The van der Waals surface area contributed by atoms with Crippen LogP contribution < -0.4 is 0 Å². The van der Waals surface area contributed by atoms with E-state index >= 15 is 0 Å². The molecule has 0 unspecified atom stereocenters. The first-order valence-electron chi connectivity index (χ1n) is 4.54. The minimum atomic E-state index is -1.10. The van der Waals surface area contributed by atoms with Crippen LogP contribution in [0.25, 0.3) is 0 Å². The number of aliphatic carboxylic acids is 2. The Kier molecular flexibility index (Phi) is 3.77. The van der Waals surface area contributed by atoms with Crippen molar-refractivity contribution in [2.45, 2.75) is 12.8 Å². The van der Waals surface area contributed by atoms with Crippen LogP contribution in [0.2, 0.25) is 0 Å². The van der Waals surface area contributed by atoms with Gasteiger partial charge in [-0.25, -0.2) is 0 Å². The van der Waals surface area contributed by atoms with Crippen molar-refractivity contribution in [1.82, 2.24) is 0 Å². The number of hydrogen-bond acceptors (Lipinski definition) is 3. The van der Waals surface area contributed by atoms with Crippen molar-refractivity contribution in [3.63, 3.8) is 0 Å². The SMILES string of the molecule is O=Cc1cccc(CC(=O)O)c1CC(=O)O. The average Bonchev–Trinajstić information content (AvgIpc) is 2.19. The normalized spacial score (nSPS) is 9.75. The van der Waals surface area contributed by atoms with Gasteiger partial charge in [-0.2, -0.15) is 0 Å². The van der Waals surface area contributed by atoms with E-state index in [1.54, 1.807) is 0 Å². The third kappa shape index (κ3) is 2.91. The van der Waals surface area contributed by atoms with Gasteiger partial charge in [0.2, 0.25) is 0 Å². The van der Waals surface area contributed by atoms with Gasteiger partial charge in [0.1, 0.15) is 6.29 Å². The van der Waals surface area contributed by atoms with Gasteiger partial charge in [-0.3, -0.25) is 14.4 Å². The number of carboxylic acids is 2. The van der Waals surface area contributed by atoms with E-state index in [-0.39, 0.29) is 24.0 Å². The van der Waals surface area contributed by atoms with E-state index in [2.05, 4.69) is 0 Å². The lowest BCUT2D eigenvalue weighted by molar-refractivity contribution is -0.137. The fourth-order valence-corrected chi connectivity index (χ4v) is 1.46. The fourth-order valence-electron chi connectivity index (χ4n) is 1.46. The van der Waals surface area contributed by atoms with E-state index in [0.717, 1.165) is 0 Å². The molecule has 0 saturated heterocycles. The molecule has 0 spiro atoms. The summed E-state index contributed by atoms with van der Waals surface area (Å²) in [6.45, 7) is 0. The molecule has 16 heavy (non-hydrogen) atoms. The Balaban J connectivity index is 3.19. The maximum absolute atomic E-state index is 10.7. The number of carbonyl (C=O) groups excluding carboxylic acids is 1. The highest BCUT2D eigenvalue weighted by molar-refractivity contribution is 5.83. The fraction of sp³-hybridized carbons (Fsp3) is 0.182. The summed E-state index contributed by atoms with van der Waals surface area (Å²) in [5.74, 6) is -2.16. The molecule has 0 aromatic heterocycles. The Morgan fingerprint density at radius 2 is 1.75 bits per heavy atom. The predicted octanol–water partition coefficient (Wildman–Crippen LogP) is 0.753. The zero-order valence-corrected chi connectivity index (χ0v) is 8.34. The average molecular weight is 222 g/mol. The molecule has 0 radical (unpaired) electrons. The number of benzene rings is 1. The van der Waals surface area contributed by atoms with Crippen LogP contribution in [0.4, 0.5) is 0 Å². The van der Waals surface area contributed by atoms with E-state index in [1.165, 1.54) is 18.2 Å². The zero-order chi connectivity index (χ0) is 12.1. The number of carboxylic acid groups (broad SMARTS) is 2. The quantitative estimate of drug-likeness (QED) is 0.717. The summed E-state index contributed by atoms with van der Waals surface area (Å²) in [4.78, 5) is 31.9. The predicted molar refractivity (Wildman–Crippen MR) is 54.5 cm³/mol. The molecule has 5 nitrogen and oxygen atoms in total. The second kappa shape index (κ2) is 5.06. The molecule has 0 heterocycles. The molecule has 1 aromatic rings. The molecule has 84 valence electrons. The lowest BCUT2D eigenvalue weighted by atomic mass is 9.97. The minimum Gasteiger partial charge on any atom is -0.481 e. The molecule has 1 aromatic carbocycles. The molecule has 0 saturated carbocycles. The molecule has 0 aliphatic rings. The van der Waals surface area contributed by atoms with Crippen LogP contribution >= 0.6 is 0 Å². The second-order valence-corrected chi connectivity index (χ2v) is 3.24. The lowest BCUT2D eigenvalue weighted by Gasteiger charge is -2.07. The Morgan fingerprint density at radius 3 is 2.25 bits per heavy atom. The van der Waals surface area contributed by atoms with E-state index in [1.807, 2.05) is 0 Å². The Bertz CT molecular complexity index is 436. The number of aldehydes is 1. The van der Waals surface area contributed by atoms with Crippen molar-refractivity contribution in [2.75, 3.05) is 0 Å². The van der Waals surface area contributed by atoms with Crippen molar-refractivity contribution in [3.8, 4) is 0 Å². The third-order valence-corrected chi connectivity index (χ3v) is 2.11. The van der Waals surface area contributed by atoms with Crippen LogP contribution in [0.15, 0.2) is 18.2 Å². The molecule has 0 amide bonds. The van der Waals surface area contributed by atoms with Crippen LogP contribution in [0.1, 0.15) is 21.5 Å². The highest BCUT2D eigenvalue weighted by Crippen LogP contribution is 2.15. The molecule has 0 aliphatic heterocycles. The van der Waals surface area contributed by atoms with Crippen LogP contribution in [-0.2, 0) is 22.4 Å². The van der Waals surface area contributed by atoms with Gasteiger partial charge in [0.15, 0.2) is 0 Å². The molecular formula is C11H10O5. The van der Waals surface area contributed by atoms with Crippen molar-refractivity contribution in [3.05, 3.63) is 34.9 Å². The van der Waals surface area contributed by atoms with Crippen molar-refractivity contribution in [2.24, 2.45) is 0 Å². The van der Waals surface area contributed by atoms with Gasteiger partial charge in [0.05, 0.1) is 12.8 Å². The van der Waals surface area contributed by atoms with E-state index < -0.39 is 11.9 Å². The topological polar surface area (TPSA) is 91.7 Å². The molecule has 0 aliphatic carbocycles. The van der Waals surface area contributed by atoms with Gasteiger partial charge in [-0.05, 0) is 11.1 Å². The molecule has 0 atom stereocenters. The molecule has 5 heteroatoms. The summed E-state index contributed by atoms with van der Waals surface area (Å²) in [5, 5.41) is 17.3. The summed E-state index contributed by atoms with van der Waals surface area (Å²) in [6, 6.07) is 4.52. The summed E-state index contributed by atoms with van der Waals surface area (Å²) >= 11 is 0.